The molecule has 0 aromatic heterocycles. The Morgan fingerprint density at radius 1 is 1.10 bits per heavy atom. The summed E-state index contributed by atoms with van der Waals surface area (Å²) >= 11 is 1.70. The summed E-state index contributed by atoms with van der Waals surface area (Å²) in [6, 6.07) is 6.69. The second-order valence-electron chi connectivity index (χ2n) is 11.9. The van der Waals surface area contributed by atoms with Crippen LogP contribution in [0.2, 0.25) is 0 Å². The normalized spacial score (nSPS) is 30.4. The van der Waals surface area contributed by atoms with Gasteiger partial charge in [0, 0.05) is 50.3 Å². The lowest BCUT2D eigenvalue weighted by molar-refractivity contribution is -0.139. The number of anilines is 1. The minimum atomic E-state index is -0.628. The molecule has 4 aliphatic heterocycles. The van der Waals surface area contributed by atoms with Crippen molar-refractivity contribution in [3.05, 3.63) is 24.3 Å². The predicted octanol–water partition coefficient (Wildman–Crippen LogP) is 2.36. The molecule has 4 aliphatic rings. The fourth-order valence-electron chi connectivity index (χ4n) is 7.39. The number of hydrogen-bond donors (Lipinski definition) is 3. The second-order valence-corrected chi connectivity index (χ2v) is 13.5. The number of thioether (sulfide) groups is 1. The van der Waals surface area contributed by atoms with Crippen molar-refractivity contribution < 1.29 is 29.0 Å². The number of nitrogens with one attached hydrogen (secondary N) is 2. The molecule has 10 nitrogen and oxygen atoms in total. The number of carbonyl (C=O) groups is 3. The molecule has 0 saturated carbocycles. The number of rotatable bonds is 14. The van der Waals surface area contributed by atoms with E-state index < -0.39 is 22.6 Å². The molecule has 4 fully saturated rings. The van der Waals surface area contributed by atoms with Gasteiger partial charge < -0.3 is 30.1 Å². The van der Waals surface area contributed by atoms with Crippen LogP contribution in [-0.2, 0) is 19.1 Å². The number of aliphatic hydroxyl groups is 1. The standard InChI is InChI=1S/C31H46N4O6S/c1-3-41-23-10-8-22(9-11-23)33-28(37)25-24-20-21(2)31(42-24)26(25)30(39)35(13-6-4-5-7-17-36)27(31)29(38)32-12-14-34-15-18-40-19-16-34/h8-11,21,24-27,36H,3-7,12-20H2,1-2H3,(H,32,38)(H,33,37)/t21?,24-,25+,26+,27?,31?/m1/s1. The maximum atomic E-state index is 14.2. The summed E-state index contributed by atoms with van der Waals surface area (Å²) < 4.78 is 10.3. The average molecular weight is 603 g/mol. The zero-order valence-corrected chi connectivity index (χ0v) is 25.7. The fourth-order valence-corrected chi connectivity index (χ4v) is 9.82. The molecule has 3 unspecified atom stereocenters. The third-order valence-electron chi connectivity index (χ3n) is 9.37. The van der Waals surface area contributed by atoms with Gasteiger partial charge in [0.25, 0.3) is 0 Å². The van der Waals surface area contributed by atoms with Gasteiger partial charge in [0.1, 0.15) is 11.8 Å². The smallest absolute Gasteiger partial charge is 0.244 e. The number of nitrogens with zero attached hydrogens (tertiary/aromatic N) is 2. The number of carbonyl (C=O) groups excluding carboxylic acids is 3. The van der Waals surface area contributed by atoms with E-state index in [-0.39, 0.29) is 35.5 Å². The molecule has 0 aliphatic carbocycles. The van der Waals surface area contributed by atoms with Gasteiger partial charge in [-0.2, -0.15) is 0 Å². The van der Waals surface area contributed by atoms with Gasteiger partial charge in [-0.05, 0) is 56.4 Å². The predicted molar refractivity (Wildman–Crippen MR) is 162 cm³/mol. The first-order valence-corrected chi connectivity index (χ1v) is 16.5. The van der Waals surface area contributed by atoms with E-state index in [4.69, 9.17) is 14.6 Å². The number of amides is 3. The van der Waals surface area contributed by atoms with E-state index in [0.717, 1.165) is 57.5 Å². The monoisotopic (exact) mass is 602 g/mol. The van der Waals surface area contributed by atoms with Gasteiger partial charge in [-0.15, -0.1) is 11.8 Å². The lowest BCUT2D eigenvalue weighted by atomic mass is 9.66. The molecule has 3 N–H and O–H groups in total. The minimum Gasteiger partial charge on any atom is -0.494 e. The maximum absolute atomic E-state index is 14.2. The largest absolute Gasteiger partial charge is 0.494 e. The summed E-state index contributed by atoms with van der Waals surface area (Å²) in [7, 11) is 0. The summed E-state index contributed by atoms with van der Waals surface area (Å²) in [6.07, 6.45) is 4.05. The van der Waals surface area contributed by atoms with E-state index in [0.29, 0.717) is 38.6 Å². The number of ether oxygens (including phenoxy) is 2. The Balaban J connectivity index is 1.34. The topological polar surface area (TPSA) is 120 Å². The Hall–Kier alpha value is -2.34. The summed E-state index contributed by atoms with van der Waals surface area (Å²) in [5.41, 5.74) is 0.668. The molecule has 5 rings (SSSR count). The number of fused-ring (bicyclic) bond motifs is 1. The number of hydrogen-bond acceptors (Lipinski definition) is 8. The Kier molecular flexibility index (Phi) is 10.3. The lowest BCUT2D eigenvalue weighted by Gasteiger charge is -2.38. The van der Waals surface area contributed by atoms with Crippen molar-refractivity contribution in [2.24, 2.45) is 17.8 Å². The summed E-state index contributed by atoms with van der Waals surface area (Å²) in [5, 5.41) is 15.4. The van der Waals surface area contributed by atoms with E-state index in [2.05, 4.69) is 22.5 Å². The number of morpholine rings is 1. The van der Waals surface area contributed by atoms with Crippen LogP contribution in [-0.4, -0.2) is 108 Å². The van der Waals surface area contributed by atoms with Crippen LogP contribution in [0.3, 0.4) is 0 Å². The quantitative estimate of drug-likeness (QED) is 0.278. The molecule has 1 aromatic rings. The number of aliphatic hydroxyl groups excluding tert-OH is 1. The molecule has 4 heterocycles. The Morgan fingerprint density at radius 3 is 2.55 bits per heavy atom. The van der Waals surface area contributed by atoms with Crippen LogP contribution in [0.15, 0.2) is 24.3 Å². The van der Waals surface area contributed by atoms with Crippen molar-refractivity contribution in [2.45, 2.75) is 62.0 Å². The van der Waals surface area contributed by atoms with Gasteiger partial charge in [0.05, 0.1) is 36.4 Å². The highest BCUT2D eigenvalue weighted by Gasteiger charge is 2.75. The number of benzene rings is 1. The van der Waals surface area contributed by atoms with Gasteiger partial charge >= 0.3 is 0 Å². The van der Waals surface area contributed by atoms with Crippen LogP contribution in [0.25, 0.3) is 0 Å². The zero-order chi connectivity index (χ0) is 29.7. The highest BCUT2D eigenvalue weighted by atomic mass is 32.2. The van der Waals surface area contributed by atoms with Crippen LogP contribution in [0.5, 0.6) is 5.75 Å². The van der Waals surface area contributed by atoms with Crippen LogP contribution >= 0.6 is 11.8 Å². The maximum Gasteiger partial charge on any atom is 0.244 e. The summed E-state index contributed by atoms with van der Waals surface area (Å²) in [6.45, 7) is 9.64. The van der Waals surface area contributed by atoms with Crippen molar-refractivity contribution in [1.82, 2.24) is 15.1 Å². The Bertz CT molecular complexity index is 1100. The van der Waals surface area contributed by atoms with Crippen molar-refractivity contribution in [3.8, 4) is 5.75 Å². The molecular weight excluding hydrogens is 556 g/mol. The highest BCUT2D eigenvalue weighted by Crippen LogP contribution is 2.68. The van der Waals surface area contributed by atoms with Crippen molar-refractivity contribution in [2.75, 3.05) is 64.5 Å². The first-order chi connectivity index (χ1) is 20.4. The van der Waals surface area contributed by atoms with E-state index in [1.165, 1.54) is 0 Å². The number of likely N-dealkylation sites (tertiary alicyclic amines) is 1. The Labute approximate surface area is 253 Å². The van der Waals surface area contributed by atoms with E-state index >= 15 is 0 Å². The van der Waals surface area contributed by atoms with Crippen molar-refractivity contribution in [1.29, 1.82) is 0 Å². The minimum absolute atomic E-state index is 0.00741. The molecule has 4 saturated heterocycles. The van der Waals surface area contributed by atoms with Crippen LogP contribution in [0, 0.1) is 17.8 Å². The van der Waals surface area contributed by atoms with Gasteiger partial charge in [-0.1, -0.05) is 19.8 Å². The Morgan fingerprint density at radius 2 is 1.83 bits per heavy atom. The average Bonchev–Trinajstić information content (AvgIpc) is 3.58. The van der Waals surface area contributed by atoms with E-state index in [9.17, 15) is 14.4 Å². The molecule has 6 atom stereocenters. The molecular formula is C31H46N4O6S. The third-order valence-corrected chi connectivity index (χ3v) is 11.4. The third kappa shape index (κ3) is 6.16. The highest BCUT2D eigenvalue weighted by molar-refractivity contribution is 8.02. The van der Waals surface area contributed by atoms with Crippen molar-refractivity contribution in [3.63, 3.8) is 0 Å². The molecule has 232 valence electrons. The molecule has 42 heavy (non-hydrogen) atoms. The summed E-state index contributed by atoms with van der Waals surface area (Å²) in [4.78, 5) is 46.1. The molecule has 2 bridgehead atoms. The van der Waals surface area contributed by atoms with Gasteiger partial charge in [0.2, 0.25) is 17.7 Å². The molecule has 11 heteroatoms. The molecule has 3 amide bonds. The first kappa shape index (κ1) is 31.1. The van der Waals surface area contributed by atoms with E-state index in [1.54, 1.807) is 16.7 Å². The number of unbranched alkanes of at least 4 members (excludes halogenated alkanes) is 3. The van der Waals surface area contributed by atoms with Gasteiger partial charge in [-0.25, -0.2) is 0 Å². The zero-order valence-electron chi connectivity index (χ0n) is 24.9. The molecule has 1 spiro atoms. The van der Waals surface area contributed by atoms with E-state index in [1.807, 2.05) is 31.2 Å². The SMILES string of the molecule is CCOc1ccc(NC(=O)[C@@H]2[C@H]3C(=O)N(CCCCCCO)C(C(=O)NCCN4CCOCC4)C34S[C@@H]2CC4C)cc1. The lowest BCUT2D eigenvalue weighted by Crippen LogP contribution is -2.57. The van der Waals surface area contributed by atoms with Crippen molar-refractivity contribution >= 4 is 35.2 Å². The van der Waals surface area contributed by atoms with Crippen LogP contribution in [0.1, 0.15) is 46.0 Å². The summed E-state index contributed by atoms with van der Waals surface area (Å²) in [5.74, 6) is -0.493. The van der Waals surface area contributed by atoms with Crippen LogP contribution in [0.4, 0.5) is 5.69 Å². The fraction of sp³-hybridized carbons (Fsp3) is 0.710. The second kappa shape index (κ2) is 14.0. The molecule has 0 radical (unpaired) electrons. The van der Waals surface area contributed by atoms with Crippen LogP contribution < -0.4 is 15.4 Å². The van der Waals surface area contributed by atoms with Gasteiger partial charge in [0.15, 0.2) is 0 Å². The molecule has 1 aromatic carbocycles. The van der Waals surface area contributed by atoms with Gasteiger partial charge in [-0.3, -0.25) is 19.3 Å². The first-order valence-electron chi connectivity index (χ1n) is 15.6.